The minimum absolute atomic E-state index is 0.279. The number of benzene rings is 1. The topological polar surface area (TPSA) is 38.3 Å². The van der Waals surface area contributed by atoms with Crippen molar-refractivity contribution in [1.82, 2.24) is 0 Å². The first-order chi connectivity index (χ1) is 9.66. The van der Waals surface area contributed by atoms with Gasteiger partial charge in [0, 0.05) is 5.69 Å². The van der Waals surface area contributed by atoms with Gasteiger partial charge in [-0.2, -0.15) is 0 Å². The molecule has 0 saturated heterocycles. The molecule has 2 rings (SSSR count). The van der Waals surface area contributed by atoms with Crippen LogP contribution in [0.2, 0.25) is 0 Å². The summed E-state index contributed by atoms with van der Waals surface area (Å²) in [5.74, 6) is 2.14. The van der Waals surface area contributed by atoms with Gasteiger partial charge in [-0.3, -0.25) is 4.79 Å². The molecule has 0 aromatic heterocycles. The van der Waals surface area contributed by atoms with Crippen LogP contribution in [0.4, 0.5) is 5.69 Å². The van der Waals surface area contributed by atoms with Crippen LogP contribution in [-0.4, -0.2) is 23.5 Å². The Bertz CT molecular complexity index is 456. The van der Waals surface area contributed by atoms with E-state index in [-0.39, 0.29) is 5.12 Å². The summed E-state index contributed by atoms with van der Waals surface area (Å²) in [5.41, 5.74) is 0.583. The van der Waals surface area contributed by atoms with Crippen molar-refractivity contribution in [2.75, 3.05) is 18.2 Å². The van der Waals surface area contributed by atoms with E-state index in [9.17, 15) is 4.79 Å². The Hall–Kier alpha value is -1.16. The van der Waals surface area contributed by atoms with Crippen LogP contribution in [0.25, 0.3) is 0 Å². The van der Waals surface area contributed by atoms with Crippen LogP contribution in [0.1, 0.15) is 33.1 Å². The maximum Gasteiger partial charge on any atom is 0.214 e. The summed E-state index contributed by atoms with van der Waals surface area (Å²) in [4.78, 5) is 12.6. The molecule has 0 amide bonds. The number of thioether (sulfide) groups is 1. The van der Waals surface area contributed by atoms with Crippen molar-refractivity contribution in [3.8, 4) is 5.75 Å². The van der Waals surface area contributed by atoms with Crippen molar-refractivity contribution < 1.29 is 9.53 Å². The van der Waals surface area contributed by atoms with Crippen molar-refractivity contribution in [3.05, 3.63) is 24.3 Å². The predicted molar refractivity (Wildman–Crippen MR) is 85.5 cm³/mol. The first-order valence-corrected chi connectivity index (χ1v) is 8.24. The predicted octanol–water partition coefficient (Wildman–Crippen LogP) is 3.95. The number of carbonyl (C=O) groups is 1. The maximum atomic E-state index is 12.6. The van der Waals surface area contributed by atoms with Gasteiger partial charge in [-0.1, -0.05) is 25.6 Å². The lowest BCUT2D eigenvalue weighted by Crippen LogP contribution is -2.46. The van der Waals surface area contributed by atoms with Crippen molar-refractivity contribution in [2.45, 2.75) is 38.6 Å². The zero-order chi connectivity index (χ0) is 14.6. The fraction of sp³-hybridized carbons (Fsp3) is 0.562. The maximum absolute atomic E-state index is 12.6. The molecular weight excluding hydrogens is 270 g/mol. The van der Waals surface area contributed by atoms with Crippen LogP contribution >= 0.6 is 11.8 Å². The standard InChI is InChI=1S/C16H23NO2S/c1-4-16(12-6-7-12,15(18)20-5-2)17-13-8-10-14(19-3)11-9-13/h8-12,17H,4-7H2,1-3H3. The summed E-state index contributed by atoms with van der Waals surface area (Å²) in [6.07, 6.45) is 3.12. The van der Waals surface area contributed by atoms with Crippen LogP contribution in [0.5, 0.6) is 5.75 Å². The molecule has 1 unspecified atom stereocenters. The number of hydrogen-bond donors (Lipinski definition) is 1. The summed E-state index contributed by atoms with van der Waals surface area (Å²) in [6, 6.07) is 7.81. The van der Waals surface area contributed by atoms with E-state index in [2.05, 4.69) is 12.2 Å². The van der Waals surface area contributed by atoms with E-state index >= 15 is 0 Å². The Morgan fingerprint density at radius 2 is 2.00 bits per heavy atom. The molecule has 1 atom stereocenters. The van der Waals surface area contributed by atoms with Crippen molar-refractivity contribution >= 4 is 22.6 Å². The largest absolute Gasteiger partial charge is 0.497 e. The SMILES string of the molecule is CCSC(=O)C(CC)(Nc1ccc(OC)cc1)C1CC1. The summed E-state index contributed by atoms with van der Waals surface area (Å²) in [7, 11) is 1.66. The van der Waals surface area contributed by atoms with Gasteiger partial charge in [0.15, 0.2) is 0 Å². The minimum Gasteiger partial charge on any atom is -0.497 e. The van der Waals surface area contributed by atoms with Crippen LogP contribution in [0.15, 0.2) is 24.3 Å². The highest BCUT2D eigenvalue weighted by Crippen LogP contribution is 2.45. The molecule has 0 bridgehead atoms. The fourth-order valence-corrected chi connectivity index (χ4v) is 3.49. The number of carbonyl (C=O) groups excluding carboxylic acids is 1. The van der Waals surface area contributed by atoms with Gasteiger partial charge >= 0.3 is 0 Å². The van der Waals surface area contributed by atoms with E-state index in [0.29, 0.717) is 5.92 Å². The number of ether oxygens (including phenoxy) is 1. The van der Waals surface area contributed by atoms with Gasteiger partial charge in [-0.25, -0.2) is 0 Å². The molecule has 4 heteroatoms. The highest BCUT2D eigenvalue weighted by Gasteiger charge is 2.49. The summed E-state index contributed by atoms with van der Waals surface area (Å²) < 4.78 is 5.17. The molecule has 0 heterocycles. The Labute approximate surface area is 125 Å². The lowest BCUT2D eigenvalue weighted by atomic mass is 9.91. The zero-order valence-corrected chi connectivity index (χ0v) is 13.3. The van der Waals surface area contributed by atoms with E-state index in [0.717, 1.165) is 36.5 Å². The summed E-state index contributed by atoms with van der Waals surface area (Å²) >= 11 is 1.43. The molecule has 1 aliphatic carbocycles. The Morgan fingerprint density at radius 3 is 2.45 bits per heavy atom. The number of rotatable bonds is 7. The zero-order valence-electron chi connectivity index (χ0n) is 12.4. The van der Waals surface area contributed by atoms with E-state index in [1.807, 2.05) is 31.2 Å². The molecule has 1 fully saturated rings. The monoisotopic (exact) mass is 293 g/mol. The van der Waals surface area contributed by atoms with Crippen LogP contribution in [-0.2, 0) is 4.79 Å². The molecule has 20 heavy (non-hydrogen) atoms. The third kappa shape index (κ3) is 3.11. The molecule has 3 nitrogen and oxygen atoms in total. The normalized spacial score (nSPS) is 17.4. The second-order valence-electron chi connectivity index (χ2n) is 5.17. The third-order valence-corrected chi connectivity index (χ3v) is 4.84. The molecular formula is C16H23NO2S. The summed E-state index contributed by atoms with van der Waals surface area (Å²) in [5, 5.41) is 3.79. The molecule has 1 N–H and O–H groups in total. The molecule has 1 aromatic rings. The Morgan fingerprint density at radius 1 is 1.35 bits per heavy atom. The lowest BCUT2D eigenvalue weighted by Gasteiger charge is -2.33. The molecule has 110 valence electrons. The molecule has 0 radical (unpaired) electrons. The number of hydrogen-bond acceptors (Lipinski definition) is 4. The van der Waals surface area contributed by atoms with E-state index in [4.69, 9.17) is 4.74 Å². The first-order valence-electron chi connectivity index (χ1n) is 7.25. The van der Waals surface area contributed by atoms with Gasteiger partial charge in [0.05, 0.1) is 7.11 Å². The van der Waals surface area contributed by atoms with Crippen molar-refractivity contribution in [3.63, 3.8) is 0 Å². The highest BCUT2D eigenvalue weighted by atomic mass is 32.2. The average molecular weight is 293 g/mol. The van der Waals surface area contributed by atoms with Gasteiger partial charge in [-0.05, 0) is 55.2 Å². The Kier molecular flexibility index (Phi) is 4.97. The van der Waals surface area contributed by atoms with Crippen LogP contribution < -0.4 is 10.1 Å². The van der Waals surface area contributed by atoms with Gasteiger partial charge in [0.1, 0.15) is 11.3 Å². The highest BCUT2D eigenvalue weighted by molar-refractivity contribution is 8.13. The second-order valence-corrected chi connectivity index (χ2v) is 6.41. The van der Waals surface area contributed by atoms with E-state index in [1.165, 1.54) is 11.8 Å². The molecule has 1 aromatic carbocycles. The smallest absolute Gasteiger partial charge is 0.214 e. The lowest BCUT2D eigenvalue weighted by molar-refractivity contribution is -0.115. The minimum atomic E-state index is -0.407. The fourth-order valence-electron chi connectivity index (χ4n) is 2.61. The van der Waals surface area contributed by atoms with E-state index < -0.39 is 5.54 Å². The number of nitrogens with one attached hydrogen (secondary N) is 1. The quantitative estimate of drug-likeness (QED) is 0.826. The molecule has 1 aliphatic rings. The van der Waals surface area contributed by atoms with Crippen LogP contribution in [0, 0.1) is 5.92 Å². The summed E-state index contributed by atoms with van der Waals surface area (Å²) in [6.45, 7) is 4.13. The molecule has 0 aliphatic heterocycles. The second kappa shape index (κ2) is 6.53. The number of anilines is 1. The van der Waals surface area contributed by atoms with Gasteiger partial charge < -0.3 is 10.1 Å². The number of methoxy groups -OCH3 is 1. The van der Waals surface area contributed by atoms with Crippen LogP contribution in [0.3, 0.4) is 0 Å². The average Bonchev–Trinajstić information content (AvgIpc) is 3.30. The van der Waals surface area contributed by atoms with Crippen molar-refractivity contribution in [2.24, 2.45) is 5.92 Å². The van der Waals surface area contributed by atoms with Crippen molar-refractivity contribution in [1.29, 1.82) is 0 Å². The van der Waals surface area contributed by atoms with Gasteiger partial charge in [-0.15, -0.1) is 0 Å². The van der Waals surface area contributed by atoms with E-state index in [1.54, 1.807) is 7.11 Å². The Balaban J connectivity index is 2.20. The third-order valence-electron chi connectivity index (χ3n) is 3.93. The molecule has 0 spiro atoms. The molecule has 1 saturated carbocycles. The first kappa shape index (κ1) is 15.2. The van der Waals surface area contributed by atoms with Gasteiger partial charge in [0.25, 0.3) is 0 Å². The van der Waals surface area contributed by atoms with Gasteiger partial charge in [0.2, 0.25) is 5.12 Å².